The molecule has 1 aromatic rings. The molecule has 1 N–H and O–H groups in total. The summed E-state index contributed by atoms with van der Waals surface area (Å²) in [4.78, 5) is 12.6. The molecule has 0 aliphatic heterocycles. The molecule has 0 radical (unpaired) electrons. The van der Waals surface area contributed by atoms with Gasteiger partial charge in [0.1, 0.15) is 5.75 Å². The quantitative estimate of drug-likeness (QED) is 0.707. The van der Waals surface area contributed by atoms with E-state index in [9.17, 15) is 13.2 Å². The second-order valence-electron chi connectivity index (χ2n) is 6.58. The van der Waals surface area contributed by atoms with E-state index < -0.39 is 10.0 Å². The van der Waals surface area contributed by atoms with E-state index in [1.807, 2.05) is 6.92 Å². The predicted molar refractivity (Wildman–Crippen MR) is 103 cm³/mol. The zero-order valence-corrected chi connectivity index (χ0v) is 16.8. The number of nitrogens with zero attached hydrogens (tertiary/aromatic N) is 1. The zero-order chi connectivity index (χ0) is 19.2. The van der Waals surface area contributed by atoms with E-state index in [0.29, 0.717) is 43.5 Å². The van der Waals surface area contributed by atoms with Crippen LogP contribution in [-0.4, -0.2) is 38.3 Å². The van der Waals surface area contributed by atoms with Gasteiger partial charge in [0, 0.05) is 19.5 Å². The molecular formula is C19H30N2O4S. The van der Waals surface area contributed by atoms with Crippen LogP contribution in [0.4, 0.5) is 5.69 Å². The fourth-order valence-corrected chi connectivity index (χ4v) is 4.92. The van der Waals surface area contributed by atoms with Crippen molar-refractivity contribution in [3.63, 3.8) is 0 Å². The Morgan fingerprint density at radius 3 is 2.42 bits per heavy atom. The highest BCUT2D eigenvalue weighted by molar-refractivity contribution is 7.89. The van der Waals surface area contributed by atoms with Gasteiger partial charge in [0.05, 0.1) is 17.2 Å². The van der Waals surface area contributed by atoms with E-state index in [0.717, 1.165) is 12.8 Å². The molecule has 2 rings (SSSR count). The van der Waals surface area contributed by atoms with Crippen molar-refractivity contribution >= 4 is 21.6 Å². The summed E-state index contributed by atoms with van der Waals surface area (Å²) in [7, 11) is -3.59. The second kappa shape index (κ2) is 9.37. The zero-order valence-electron chi connectivity index (χ0n) is 16.0. The van der Waals surface area contributed by atoms with Crippen molar-refractivity contribution in [3.05, 3.63) is 18.2 Å². The molecule has 0 saturated heterocycles. The minimum Gasteiger partial charge on any atom is -0.492 e. The number of benzene rings is 1. The Morgan fingerprint density at radius 2 is 1.85 bits per heavy atom. The normalized spacial score (nSPS) is 15.4. The van der Waals surface area contributed by atoms with Crippen LogP contribution in [0.1, 0.15) is 52.9 Å². The topological polar surface area (TPSA) is 75.7 Å². The maximum absolute atomic E-state index is 12.8. The van der Waals surface area contributed by atoms with Crippen LogP contribution >= 0.6 is 0 Å². The van der Waals surface area contributed by atoms with Crippen molar-refractivity contribution in [2.75, 3.05) is 25.0 Å². The van der Waals surface area contributed by atoms with Crippen LogP contribution in [0, 0.1) is 5.92 Å². The maximum atomic E-state index is 12.8. The first-order valence-electron chi connectivity index (χ1n) is 9.49. The molecule has 1 saturated carbocycles. The Kier molecular flexibility index (Phi) is 7.46. The molecule has 1 aliphatic rings. The summed E-state index contributed by atoms with van der Waals surface area (Å²) in [5.41, 5.74) is 0.420. The Morgan fingerprint density at radius 1 is 1.19 bits per heavy atom. The molecular weight excluding hydrogens is 352 g/mol. The lowest BCUT2D eigenvalue weighted by Gasteiger charge is -2.20. The third kappa shape index (κ3) is 4.98. The number of carbonyl (C=O) groups excluding carboxylic acids is 1. The second-order valence-corrected chi connectivity index (χ2v) is 8.52. The average molecular weight is 383 g/mol. The largest absolute Gasteiger partial charge is 0.492 e. The minimum atomic E-state index is -3.59. The van der Waals surface area contributed by atoms with Crippen molar-refractivity contribution in [3.8, 4) is 5.75 Å². The fourth-order valence-electron chi connectivity index (χ4n) is 3.44. The van der Waals surface area contributed by atoms with Gasteiger partial charge >= 0.3 is 0 Å². The summed E-state index contributed by atoms with van der Waals surface area (Å²) >= 11 is 0. The number of rotatable bonds is 9. The first-order valence-corrected chi connectivity index (χ1v) is 10.9. The molecule has 26 heavy (non-hydrogen) atoms. The highest BCUT2D eigenvalue weighted by atomic mass is 32.2. The van der Waals surface area contributed by atoms with Crippen molar-refractivity contribution < 1.29 is 17.9 Å². The van der Waals surface area contributed by atoms with E-state index in [1.165, 1.54) is 29.3 Å². The molecule has 0 bridgehead atoms. The number of ether oxygens (including phenoxy) is 1. The predicted octanol–water partition coefficient (Wildman–Crippen LogP) is 3.63. The van der Waals surface area contributed by atoms with Gasteiger partial charge in [-0.05, 0) is 43.9 Å². The minimum absolute atomic E-state index is 0.0877. The number of anilines is 1. The molecule has 1 aliphatic carbocycles. The number of hydrogen-bond acceptors (Lipinski definition) is 4. The van der Waals surface area contributed by atoms with Gasteiger partial charge in [-0.1, -0.05) is 26.7 Å². The summed E-state index contributed by atoms with van der Waals surface area (Å²) in [5.74, 6) is 0.828. The van der Waals surface area contributed by atoms with Crippen LogP contribution in [0.2, 0.25) is 0 Å². The molecule has 1 aromatic carbocycles. The Bertz CT molecular complexity index is 708. The lowest BCUT2D eigenvalue weighted by Crippen LogP contribution is -2.30. The SMILES string of the molecule is CCOc1ccc(S(=O)(=O)N(CC)CC)cc1NC(=O)CC1CCCC1. The molecule has 146 valence electrons. The van der Waals surface area contributed by atoms with Crippen LogP contribution < -0.4 is 10.1 Å². The molecule has 1 fully saturated rings. The van der Waals surface area contributed by atoms with E-state index in [-0.39, 0.29) is 10.8 Å². The summed E-state index contributed by atoms with van der Waals surface area (Å²) in [6, 6.07) is 4.65. The van der Waals surface area contributed by atoms with Gasteiger partial charge in [0.15, 0.2) is 0 Å². The monoisotopic (exact) mass is 382 g/mol. The number of nitrogens with one attached hydrogen (secondary N) is 1. The van der Waals surface area contributed by atoms with Crippen LogP contribution in [-0.2, 0) is 14.8 Å². The van der Waals surface area contributed by atoms with Crippen molar-refractivity contribution in [1.82, 2.24) is 4.31 Å². The third-order valence-electron chi connectivity index (χ3n) is 4.82. The lowest BCUT2D eigenvalue weighted by atomic mass is 10.0. The van der Waals surface area contributed by atoms with E-state index in [4.69, 9.17) is 4.74 Å². The average Bonchev–Trinajstić information content (AvgIpc) is 3.10. The van der Waals surface area contributed by atoms with E-state index in [2.05, 4.69) is 5.32 Å². The highest BCUT2D eigenvalue weighted by Gasteiger charge is 2.24. The van der Waals surface area contributed by atoms with Crippen LogP contribution in [0.3, 0.4) is 0 Å². The molecule has 0 atom stereocenters. The summed E-state index contributed by atoms with van der Waals surface area (Å²) in [6.07, 6.45) is 5.00. The van der Waals surface area contributed by atoms with Gasteiger partial charge in [-0.3, -0.25) is 4.79 Å². The van der Waals surface area contributed by atoms with Gasteiger partial charge in [0.2, 0.25) is 15.9 Å². The highest BCUT2D eigenvalue weighted by Crippen LogP contribution is 2.31. The van der Waals surface area contributed by atoms with Crippen LogP contribution in [0.15, 0.2) is 23.1 Å². The number of carbonyl (C=O) groups is 1. The summed E-state index contributed by atoms with van der Waals surface area (Å²) in [5, 5.41) is 2.86. The van der Waals surface area contributed by atoms with Gasteiger partial charge in [-0.25, -0.2) is 8.42 Å². The molecule has 1 amide bonds. The Hall–Kier alpha value is -1.60. The molecule has 0 unspecified atom stereocenters. The van der Waals surface area contributed by atoms with Gasteiger partial charge in [-0.15, -0.1) is 0 Å². The van der Waals surface area contributed by atoms with Gasteiger partial charge in [0.25, 0.3) is 0 Å². The van der Waals surface area contributed by atoms with Gasteiger partial charge in [-0.2, -0.15) is 4.31 Å². The lowest BCUT2D eigenvalue weighted by molar-refractivity contribution is -0.117. The summed E-state index contributed by atoms with van der Waals surface area (Å²) < 4.78 is 32.5. The number of sulfonamides is 1. The van der Waals surface area contributed by atoms with Crippen LogP contribution in [0.25, 0.3) is 0 Å². The smallest absolute Gasteiger partial charge is 0.243 e. The van der Waals surface area contributed by atoms with E-state index >= 15 is 0 Å². The number of hydrogen-bond donors (Lipinski definition) is 1. The number of amides is 1. The molecule has 6 nitrogen and oxygen atoms in total. The first kappa shape index (κ1) is 20.7. The van der Waals surface area contributed by atoms with Gasteiger partial charge < -0.3 is 10.1 Å². The standard InChI is InChI=1S/C19H30N2O4S/c1-4-21(5-2)26(23,24)16-11-12-18(25-6-3)17(14-16)20-19(22)13-15-9-7-8-10-15/h11-12,14-15H,4-10,13H2,1-3H3,(H,20,22). The summed E-state index contributed by atoms with van der Waals surface area (Å²) in [6.45, 7) is 6.70. The van der Waals surface area contributed by atoms with Crippen molar-refractivity contribution in [1.29, 1.82) is 0 Å². The van der Waals surface area contributed by atoms with Crippen molar-refractivity contribution in [2.45, 2.75) is 57.8 Å². The maximum Gasteiger partial charge on any atom is 0.243 e. The molecule has 0 heterocycles. The molecule has 7 heteroatoms. The molecule has 0 spiro atoms. The Balaban J connectivity index is 2.25. The van der Waals surface area contributed by atoms with Crippen LogP contribution in [0.5, 0.6) is 5.75 Å². The third-order valence-corrected chi connectivity index (χ3v) is 6.86. The Labute approximate surface area is 157 Å². The van der Waals surface area contributed by atoms with E-state index in [1.54, 1.807) is 19.9 Å². The first-order chi connectivity index (χ1) is 12.4. The molecule has 0 aromatic heterocycles. The van der Waals surface area contributed by atoms with Crippen molar-refractivity contribution in [2.24, 2.45) is 5.92 Å². The fraction of sp³-hybridized carbons (Fsp3) is 0.632.